The van der Waals surface area contributed by atoms with Crippen LogP contribution in [-0.4, -0.2) is 48.7 Å². The number of benzene rings is 2. The topological polar surface area (TPSA) is 75.5 Å². The molecule has 1 aliphatic heterocycles. The highest BCUT2D eigenvalue weighted by Gasteiger charge is 2.28. The molecule has 7 nitrogen and oxygen atoms in total. The van der Waals surface area contributed by atoms with Crippen molar-refractivity contribution in [3.8, 4) is 5.69 Å². The van der Waals surface area contributed by atoms with Gasteiger partial charge in [0, 0.05) is 37.3 Å². The van der Waals surface area contributed by atoms with Crippen LogP contribution in [0.5, 0.6) is 0 Å². The van der Waals surface area contributed by atoms with Crippen LogP contribution in [-0.2, 0) is 10.0 Å². The molecule has 0 unspecified atom stereocenters. The normalized spacial score (nSPS) is 15.6. The second kappa shape index (κ2) is 8.82. The summed E-state index contributed by atoms with van der Waals surface area (Å²) in [6.07, 6.45) is 0.660. The molecule has 2 aromatic carbocycles. The zero-order valence-electron chi connectivity index (χ0n) is 17.1. The van der Waals surface area contributed by atoms with Gasteiger partial charge < -0.3 is 4.90 Å². The van der Waals surface area contributed by atoms with Crippen LogP contribution in [0.2, 0.25) is 5.02 Å². The molecule has 3 aromatic rings. The second-order valence-electron chi connectivity index (χ2n) is 7.43. The van der Waals surface area contributed by atoms with Crippen LogP contribution < -0.4 is 10.5 Å². The first-order chi connectivity index (χ1) is 14.9. The summed E-state index contributed by atoms with van der Waals surface area (Å²) in [4.78, 5) is 14.7. The molecule has 4 rings (SSSR count). The first-order valence-electron chi connectivity index (χ1n) is 10.0. The van der Waals surface area contributed by atoms with Crippen LogP contribution in [0.4, 0.5) is 5.82 Å². The molecule has 0 saturated carbocycles. The molecule has 1 fully saturated rings. The second-order valence-corrected chi connectivity index (χ2v) is 9.77. The Morgan fingerprint density at radius 1 is 0.903 bits per heavy atom. The third-order valence-corrected chi connectivity index (χ3v) is 7.66. The van der Waals surface area contributed by atoms with Gasteiger partial charge in [0.25, 0.3) is 5.56 Å². The number of nitrogens with zero attached hydrogens (tertiary/aromatic N) is 4. The fraction of sp³-hybridized carbons (Fsp3) is 0.273. The Morgan fingerprint density at radius 2 is 1.65 bits per heavy atom. The van der Waals surface area contributed by atoms with Crippen LogP contribution in [0.15, 0.2) is 70.4 Å². The molecular formula is C22H23ClN4O3S. The predicted octanol–water partition coefficient (Wildman–Crippen LogP) is 3.10. The Labute approximate surface area is 186 Å². The monoisotopic (exact) mass is 458 g/mol. The van der Waals surface area contributed by atoms with E-state index in [4.69, 9.17) is 11.6 Å². The lowest BCUT2D eigenvalue weighted by molar-refractivity contribution is 0.432. The zero-order valence-corrected chi connectivity index (χ0v) is 18.7. The molecule has 1 aromatic heterocycles. The zero-order chi connectivity index (χ0) is 22.0. The highest BCUT2D eigenvalue weighted by molar-refractivity contribution is 7.89. The molecule has 0 bridgehead atoms. The average Bonchev–Trinajstić information content (AvgIpc) is 3.02. The van der Waals surface area contributed by atoms with Crippen molar-refractivity contribution in [2.24, 2.45) is 0 Å². The minimum Gasteiger partial charge on any atom is -0.354 e. The lowest BCUT2D eigenvalue weighted by Gasteiger charge is -2.23. The van der Waals surface area contributed by atoms with Crippen molar-refractivity contribution in [3.63, 3.8) is 0 Å². The largest absolute Gasteiger partial charge is 0.354 e. The van der Waals surface area contributed by atoms with Crippen molar-refractivity contribution in [2.75, 3.05) is 31.1 Å². The first kappa shape index (κ1) is 21.5. The van der Waals surface area contributed by atoms with Crippen molar-refractivity contribution in [1.82, 2.24) is 14.1 Å². The maximum atomic E-state index is 13.2. The minimum absolute atomic E-state index is 0.246. The number of rotatable bonds is 4. The Balaban J connectivity index is 1.57. The van der Waals surface area contributed by atoms with Crippen LogP contribution >= 0.6 is 11.6 Å². The number of aryl methyl sites for hydroxylation is 1. The molecule has 0 amide bonds. The number of hydrogen-bond donors (Lipinski definition) is 0. The van der Waals surface area contributed by atoms with Crippen LogP contribution in [0, 0.1) is 6.92 Å². The smallest absolute Gasteiger partial charge is 0.271 e. The van der Waals surface area contributed by atoms with Gasteiger partial charge in [0.05, 0.1) is 10.6 Å². The van der Waals surface area contributed by atoms with Crippen molar-refractivity contribution in [3.05, 3.63) is 81.6 Å². The predicted molar refractivity (Wildman–Crippen MR) is 122 cm³/mol. The maximum absolute atomic E-state index is 13.2. The summed E-state index contributed by atoms with van der Waals surface area (Å²) in [6, 6.07) is 17.1. The van der Waals surface area contributed by atoms with Gasteiger partial charge in [0.15, 0.2) is 0 Å². The lowest BCUT2D eigenvalue weighted by atomic mass is 10.2. The number of aromatic nitrogens is 2. The van der Waals surface area contributed by atoms with Crippen LogP contribution in [0.25, 0.3) is 5.69 Å². The first-order valence-corrected chi connectivity index (χ1v) is 11.8. The molecule has 0 radical (unpaired) electrons. The molecule has 31 heavy (non-hydrogen) atoms. The van der Waals surface area contributed by atoms with Crippen molar-refractivity contribution in [2.45, 2.75) is 18.2 Å². The van der Waals surface area contributed by atoms with Crippen LogP contribution in [0.1, 0.15) is 12.0 Å². The van der Waals surface area contributed by atoms with Gasteiger partial charge >= 0.3 is 0 Å². The maximum Gasteiger partial charge on any atom is 0.271 e. The molecular weight excluding hydrogens is 436 g/mol. The summed E-state index contributed by atoms with van der Waals surface area (Å²) in [7, 11) is -3.57. The van der Waals surface area contributed by atoms with Crippen molar-refractivity contribution >= 4 is 27.4 Å². The lowest BCUT2D eigenvalue weighted by Crippen LogP contribution is -2.36. The summed E-state index contributed by atoms with van der Waals surface area (Å²) < 4.78 is 29.2. The summed E-state index contributed by atoms with van der Waals surface area (Å²) in [6.45, 7) is 3.71. The highest BCUT2D eigenvalue weighted by Crippen LogP contribution is 2.22. The molecule has 2 heterocycles. The summed E-state index contributed by atoms with van der Waals surface area (Å²) >= 11 is 5.94. The third kappa shape index (κ3) is 4.51. The standard InChI is InChI=1S/C22H23ClN4O3S/c1-17-5-2-3-6-20(17)31(29,30)26-14-4-13-25(15-16-26)21-11-12-22(28)27(24-21)19-9-7-18(23)8-10-19/h2-3,5-12H,4,13-16H2,1H3. The molecule has 0 atom stereocenters. The highest BCUT2D eigenvalue weighted by atomic mass is 35.5. The molecule has 1 saturated heterocycles. The molecule has 0 N–H and O–H groups in total. The summed E-state index contributed by atoms with van der Waals surface area (Å²) in [5, 5.41) is 5.10. The number of hydrogen-bond acceptors (Lipinski definition) is 5. The van der Waals surface area contributed by atoms with E-state index in [0.29, 0.717) is 54.0 Å². The van der Waals surface area contributed by atoms with Crippen molar-refractivity contribution in [1.29, 1.82) is 0 Å². The van der Waals surface area contributed by atoms with Gasteiger partial charge in [0.1, 0.15) is 5.82 Å². The van der Waals surface area contributed by atoms with E-state index in [1.165, 1.54) is 15.1 Å². The SMILES string of the molecule is Cc1ccccc1S(=O)(=O)N1CCCN(c2ccc(=O)n(-c3ccc(Cl)cc3)n2)CC1. The van der Waals surface area contributed by atoms with E-state index in [9.17, 15) is 13.2 Å². The molecule has 1 aliphatic rings. The van der Waals surface area contributed by atoms with E-state index in [-0.39, 0.29) is 5.56 Å². The van der Waals surface area contributed by atoms with Gasteiger partial charge in [-0.1, -0.05) is 29.8 Å². The number of halogens is 1. The molecule has 9 heteroatoms. The minimum atomic E-state index is -3.57. The van der Waals surface area contributed by atoms with E-state index in [0.717, 1.165) is 5.56 Å². The third-order valence-electron chi connectivity index (χ3n) is 5.35. The Bertz CT molecular complexity index is 1240. The van der Waals surface area contributed by atoms with E-state index in [1.54, 1.807) is 55.5 Å². The van der Waals surface area contributed by atoms with Gasteiger partial charge in [-0.25, -0.2) is 8.42 Å². The Morgan fingerprint density at radius 3 is 2.39 bits per heavy atom. The van der Waals surface area contributed by atoms with E-state index in [2.05, 4.69) is 5.10 Å². The summed E-state index contributed by atoms with van der Waals surface area (Å²) in [5.41, 5.74) is 1.11. The van der Waals surface area contributed by atoms with Crippen molar-refractivity contribution < 1.29 is 8.42 Å². The van der Waals surface area contributed by atoms with E-state index >= 15 is 0 Å². The molecule has 0 aliphatic carbocycles. The van der Waals surface area contributed by atoms with Gasteiger partial charge in [-0.2, -0.15) is 8.99 Å². The quantitative estimate of drug-likeness (QED) is 0.600. The van der Waals surface area contributed by atoms with E-state index < -0.39 is 10.0 Å². The fourth-order valence-electron chi connectivity index (χ4n) is 3.69. The van der Waals surface area contributed by atoms with Crippen LogP contribution in [0.3, 0.4) is 0 Å². The van der Waals surface area contributed by atoms with Gasteiger partial charge in [-0.05, 0) is 55.3 Å². The van der Waals surface area contributed by atoms with Gasteiger partial charge in [-0.15, -0.1) is 5.10 Å². The molecule has 0 spiro atoms. The number of sulfonamides is 1. The van der Waals surface area contributed by atoms with Gasteiger partial charge in [-0.3, -0.25) is 4.79 Å². The average molecular weight is 459 g/mol. The number of anilines is 1. The van der Waals surface area contributed by atoms with E-state index in [1.807, 2.05) is 11.0 Å². The Hall–Kier alpha value is -2.68. The molecule has 162 valence electrons. The Kier molecular flexibility index (Phi) is 6.13. The van der Waals surface area contributed by atoms with Gasteiger partial charge in [0.2, 0.25) is 10.0 Å². The fourth-order valence-corrected chi connectivity index (χ4v) is 5.51. The summed E-state index contributed by atoms with van der Waals surface area (Å²) in [5.74, 6) is 0.629.